The number of rotatable bonds is 1. The summed E-state index contributed by atoms with van der Waals surface area (Å²) in [5.74, 6) is 0.723. The van der Waals surface area contributed by atoms with Gasteiger partial charge in [0.2, 0.25) is 0 Å². The van der Waals surface area contributed by atoms with E-state index in [1.54, 1.807) is 4.88 Å². The number of hydrogen-bond acceptors (Lipinski definition) is 2. The third-order valence-electron chi connectivity index (χ3n) is 2.58. The van der Waals surface area contributed by atoms with E-state index in [4.69, 9.17) is 5.73 Å². The first-order valence-electron chi connectivity index (χ1n) is 4.24. The van der Waals surface area contributed by atoms with Gasteiger partial charge in [0.25, 0.3) is 0 Å². The normalized spacial score (nSPS) is 21.4. The molecule has 0 bridgehead atoms. The summed E-state index contributed by atoms with van der Waals surface area (Å²) in [6.45, 7) is 2.97. The lowest BCUT2D eigenvalue weighted by molar-refractivity contribution is 0.739. The molecule has 2 N–H and O–H groups in total. The van der Waals surface area contributed by atoms with Crippen LogP contribution >= 0.6 is 27.3 Å². The van der Waals surface area contributed by atoms with Crippen molar-refractivity contribution in [2.24, 2.45) is 5.73 Å². The van der Waals surface area contributed by atoms with Gasteiger partial charge in [-0.1, -0.05) is 6.92 Å². The molecule has 0 saturated carbocycles. The molecule has 66 valence electrons. The Kier molecular flexibility index (Phi) is 2.27. The minimum atomic E-state index is 0.677. The van der Waals surface area contributed by atoms with Crippen LogP contribution in [0.5, 0.6) is 0 Å². The highest BCUT2D eigenvalue weighted by Gasteiger charge is 2.25. The second-order valence-corrected chi connectivity index (χ2v) is 5.76. The Hall–Kier alpha value is 0.140. The van der Waals surface area contributed by atoms with Gasteiger partial charge in [-0.05, 0) is 45.8 Å². The van der Waals surface area contributed by atoms with Crippen molar-refractivity contribution >= 4 is 27.3 Å². The molecule has 0 radical (unpaired) electrons. The minimum absolute atomic E-state index is 0.677. The summed E-state index contributed by atoms with van der Waals surface area (Å²) in [6, 6.07) is 0. The number of hydrogen-bond donors (Lipinski definition) is 1. The number of halogens is 1. The van der Waals surface area contributed by atoms with Crippen molar-refractivity contribution in [1.82, 2.24) is 0 Å². The van der Waals surface area contributed by atoms with E-state index in [-0.39, 0.29) is 0 Å². The van der Waals surface area contributed by atoms with E-state index in [0.717, 1.165) is 5.92 Å². The van der Waals surface area contributed by atoms with Crippen molar-refractivity contribution in [1.29, 1.82) is 0 Å². The Morgan fingerprint density at radius 3 is 3.08 bits per heavy atom. The summed E-state index contributed by atoms with van der Waals surface area (Å²) in [5.41, 5.74) is 8.59. The second kappa shape index (κ2) is 3.13. The standard InChI is InChI=1S/C9H12BrNS/c1-5-2-3-7-8(5)6(4-11)9(10)12-7/h5H,2-4,11H2,1H3. The highest BCUT2D eigenvalue weighted by atomic mass is 79.9. The molecular weight excluding hydrogens is 234 g/mol. The van der Waals surface area contributed by atoms with E-state index >= 15 is 0 Å². The molecule has 0 saturated heterocycles. The first-order chi connectivity index (χ1) is 5.74. The fraction of sp³-hybridized carbons (Fsp3) is 0.556. The molecule has 1 nitrogen and oxygen atoms in total. The monoisotopic (exact) mass is 245 g/mol. The maximum Gasteiger partial charge on any atom is 0.0749 e. The van der Waals surface area contributed by atoms with Crippen molar-refractivity contribution in [2.45, 2.75) is 32.2 Å². The Balaban J connectivity index is 2.54. The zero-order chi connectivity index (χ0) is 8.72. The van der Waals surface area contributed by atoms with E-state index in [1.165, 1.54) is 27.8 Å². The van der Waals surface area contributed by atoms with Gasteiger partial charge in [-0.3, -0.25) is 0 Å². The van der Waals surface area contributed by atoms with Gasteiger partial charge in [0.05, 0.1) is 3.79 Å². The van der Waals surface area contributed by atoms with Crippen LogP contribution in [0.3, 0.4) is 0 Å². The number of fused-ring (bicyclic) bond motifs is 1. The van der Waals surface area contributed by atoms with Crippen LogP contribution in [0.1, 0.15) is 35.3 Å². The molecule has 3 heteroatoms. The summed E-state index contributed by atoms with van der Waals surface area (Å²) in [7, 11) is 0. The fourth-order valence-electron chi connectivity index (χ4n) is 1.94. The zero-order valence-corrected chi connectivity index (χ0v) is 9.46. The van der Waals surface area contributed by atoms with E-state index in [1.807, 2.05) is 11.3 Å². The van der Waals surface area contributed by atoms with Crippen LogP contribution in [0.25, 0.3) is 0 Å². The predicted octanol–water partition coefficient (Wildman–Crippen LogP) is 3.02. The van der Waals surface area contributed by atoms with Crippen LogP contribution in [0.15, 0.2) is 3.79 Å². The maximum atomic E-state index is 5.71. The molecule has 1 atom stereocenters. The largest absolute Gasteiger partial charge is 0.326 e. The quantitative estimate of drug-likeness (QED) is 0.809. The third-order valence-corrected chi connectivity index (χ3v) is 4.64. The van der Waals surface area contributed by atoms with Gasteiger partial charge < -0.3 is 5.73 Å². The van der Waals surface area contributed by atoms with E-state index in [0.29, 0.717) is 6.54 Å². The van der Waals surface area contributed by atoms with Crippen molar-refractivity contribution in [3.05, 3.63) is 19.8 Å². The first kappa shape index (κ1) is 8.73. The van der Waals surface area contributed by atoms with E-state index in [2.05, 4.69) is 22.9 Å². The minimum Gasteiger partial charge on any atom is -0.326 e. The summed E-state index contributed by atoms with van der Waals surface area (Å²) < 4.78 is 1.25. The summed E-state index contributed by atoms with van der Waals surface area (Å²) in [4.78, 5) is 1.55. The molecule has 1 aliphatic carbocycles. The molecular formula is C9H12BrNS. The molecule has 0 amide bonds. The first-order valence-corrected chi connectivity index (χ1v) is 5.85. The molecule has 1 aliphatic rings. The molecule has 1 aromatic heterocycles. The molecule has 2 rings (SSSR count). The van der Waals surface area contributed by atoms with Gasteiger partial charge in [0, 0.05) is 11.4 Å². The van der Waals surface area contributed by atoms with Gasteiger partial charge in [0.1, 0.15) is 0 Å². The summed E-state index contributed by atoms with van der Waals surface area (Å²) in [5, 5.41) is 0. The van der Waals surface area contributed by atoms with E-state index in [9.17, 15) is 0 Å². The molecule has 0 aromatic carbocycles. The molecule has 1 heterocycles. The van der Waals surface area contributed by atoms with Gasteiger partial charge in [0.15, 0.2) is 0 Å². The van der Waals surface area contributed by atoms with Crippen LogP contribution < -0.4 is 5.73 Å². The zero-order valence-electron chi connectivity index (χ0n) is 7.06. The molecule has 1 aromatic rings. The molecule has 1 unspecified atom stereocenters. The number of aryl methyl sites for hydroxylation is 1. The van der Waals surface area contributed by atoms with Gasteiger partial charge in [-0.15, -0.1) is 11.3 Å². The molecule has 0 aliphatic heterocycles. The summed E-state index contributed by atoms with van der Waals surface area (Å²) >= 11 is 5.44. The predicted molar refractivity (Wildman–Crippen MR) is 56.6 cm³/mol. The second-order valence-electron chi connectivity index (χ2n) is 3.34. The average molecular weight is 246 g/mol. The van der Waals surface area contributed by atoms with E-state index < -0.39 is 0 Å². The lowest BCUT2D eigenvalue weighted by Crippen LogP contribution is -2.00. The highest BCUT2D eigenvalue weighted by molar-refractivity contribution is 9.11. The smallest absolute Gasteiger partial charge is 0.0749 e. The average Bonchev–Trinajstić information content (AvgIpc) is 2.52. The van der Waals surface area contributed by atoms with Gasteiger partial charge >= 0.3 is 0 Å². The van der Waals surface area contributed by atoms with Crippen LogP contribution in [-0.4, -0.2) is 0 Å². The van der Waals surface area contributed by atoms with Crippen molar-refractivity contribution in [2.75, 3.05) is 0 Å². The Bertz CT molecular complexity index is 306. The number of nitrogens with two attached hydrogens (primary N) is 1. The van der Waals surface area contributed by atoms with Crippen LogP contribution in [0.4, 0.5) is 0 Å². The topological polar surface area (TPSA) is 26.0 Å². The van der Waals surface area contributed by atoms with Crippen LogP contribution in [0, 0.1) is 0 Å². The number of thiophene rings is 1. The Morgan fingerprint density at radius 2 is 2.42 bits per heavy atom. The van der Waals surface area contributed by atoms with Gasteiger partial charge in [-0.25, -0.2) is 0 Å². The van der Waals surface area contributed by atoms with Crippen LogP contribution in [-0.2, 0) is 13.0 Å². The molecule has 0 spiro atoms. The summed E-state index contributed by atoms with van der Waals surface area (Å²) in [6.07, 6.45) is 2.56. The maximum absolute atomic E-state index is 5.71. The molecule has 0 fully saturated rings. The molecule has 12 heavy (non-hydrogen) atoms. The van der Waals surface area contributed by atoms with Crippen molar-refractivity contribution in [3.8, 4) is 0 Å². The Morgan fingerprint density at radius 1 is 1.67 bits per heavy atom. The fourth-order valence-corrected chi connectivity index (χ4v) is 4.09. The third kappa shape index (κ3) is 1.15. The lowest BCUT2D eigenvalue weighted by atomic mass is 10.0. The van der Waals surface area contributed by atoms with Gasteiger partial charge in [-0.2, -0.15) is 0 Å². The van der Waals surface area contributed by atoms with Crippen molar-refractivity contribution < 1.29 is 0 Å². The SMILES string of the molecule is CC1CCc2sc(Br)c(CN)c21. The van der Waals surface area contributed by atoms with Crippen LogP contribution in [0.2, 0.25) is 0 Å². The Labute approximate surface area is 85.1 Å². The highest BCUT2D eigenvalue weighted by Crippen LogP contribution is 2.44. The van der Waals surface area contributed by atoms with Crippen molar-refractivity contribution in [3.63, 3.8) is 0 Å². The lowest BCUT2D eigenvalue weighted by Gasteiger charge is -2.04.